The van der Waals surface area contributed by atoms with E-state index in [9.17, 15) is 23.5 Å². The van der Waals surface area contributed by atoms with Gasteiger partial charge in [-0.1, -0.05) is 0 Å². The highest BCUT2D eigenvalue weighted by atomic mass is 19.1. The van der Waals surface area contributed by atoms with Crippen LogP contribution in [0.1, 0.15) is 59.4 Å². The highest BCUT2D eigenvalue weighted by molar-refractivity contribution is 5.94. The molecule has 1 aromatic carbocycles. The van der Waals surface area contributed by atoms with Gasteiger partial charge in [0.25, 0.3) is 5.91 Å². The summed E-state index contributed by atoms with van der Waals surface area (Å²) in [5.74, 6) is -0.0183. The Bertz CT molecular complexity index is 1160. The molecule has 1 aliphatic carbocycles. The molecule has 1 N–H and O–H groups in total. The number of aliphatic hydroxyl groups is 1. The third-order valence-corrected chi connectivity index (χ3v) is 7.76. The van der Waals surface area contributed by atoms with Gasteiger partial charge in [-0.3, -0.25) is 14.3 Å². The van der Waals surface area contributed by atoms with Gasteiger partial charge in [-0.15, -0.1) is 0 Å². The number of rotatable bonds is 5. The number of benzene rings is 1. The lowest BCUT2D eigenvalue weighted by Gasteiger charge is -2.32. The Labute approximate surface area is 215 Å². The molecule has 2 aliphatic heterocycles. The van der Waals surface area contributed by atoms with Crippen molar-refractivity contribution in [1.82, 2.24) is 19.6 Å². The van der Waals surface area contributed by atoms with Gasteiger partial charge in [-0.2, -0.15) is 5.10 Å². The summed E-state index contributed by atoms with van der Waals surface area (Å²) >= 11 is 0. The first-order valence-electron chi connectivity index (χ1n) is 13.2. The molecule has 0 spiro atoms. The fourth-order valence-electron chi connectivity index (χ4n) is 5.58. The number of alkyl halides is 1. The number of amides is 2. The lowest BCUT2D eigenvalue weighted by atomic mass is 9.95. The molecule has 0 saturated carbocycles. The number of fused-ring (bicyclic) bond motifs is 1. The van der Waals surface area contributed by atoms with E-state index in [0.29, 0.717) is 43.8 Å². The second-order valence-corrected chi connectivity index (χ2v) is 10.4. The quantitative estimate of drug-likeness (QED) is 0.661. The van der Waals surface area contributed by atoms with Crippen LogP contribution in [0.3, 0.4) is 0 Å². The first-order valence-corrected chi connectivity index (χ1v) is 13.2. The molecule has 3 heterocycles. The van der Waals surface area contributed by atoms with E-state index in [4.69, 9.17) is 4.74 Å². The zero-order valence-corrected chi connectivity index (χ0v) is 21.2. The molecule has 3 aliphatic rings. The Morgan fingerprint density at radius 1 is 1.11 bits per heavy atom. The van der Waals surface area contributed by atoms with Gasteiger partial charge in [0.2, 0.25) is 5.91 Å². The van der Waals surface area contributed by atoms with Gasteiger partial charge in [0.15, 0.2) is 5.69 Å². The van der Waals surface area contributed by atoms with Crippen LogP contribution >= 0.6 is 0 Å². The highest BCUT2D eigenvalue weighted by Crippen LogP contribution is 2.28. The summed E-state index contributed by atoms with van der Waals surface area (Å²) < 4.78 is 35.2. The smallest absolute Gasteiger partial charge is 0.274 e. The van der Waals surface area contributed by atoms with Crippen molar-refractivity contribution in [2.75, 3.05) is 26.2 Å². The Morgan fingerprint density at radius 2 is 1.84 bits per heavy atom. The van der Waals surface area contributed by atoms with Crippen molar-refractivity contribution in [2.24, 2.45) is 0 Å². The summed E-state index contributed by atoms with van der Waals surface area (Å²) in [7, 11) is 0. The number of likely N-dealkylation sites (tertiary alicyclic amines) is 2. The third kappa shape index (κ3) is 5.49. The highest BCUT2D eigenvalue weighted by Gasteiger charge is 2.34. The number of aliphatic hydroxyl groups excluding tert-OH is 1. The molecule has 2 saturated heterocycles. The monoisotopic (exact) mass is 516 g/mol. The largest absolute Gasteiger partial charge is 0.490 e. The molecule has 2 atom stereocenters. The number of aryl methyl sites for hydroxylation is 1. The maximum absolute atomic E-state index is 14.1. The van der Waals surface area contributed by atoms with Crippen molar-refractivity contribution >= 4 is 11.8 Å². The van der Waals surface area contributed by atoms with Crippen LogP contribution in [0.5, 0.6) is 5.75 Å². The second kappa shape index (κ2) is 10.8. The summed E-state index contributed by atoms with van der Waals surface area (Å²) in [6.45, 7) is 3.11. The number of halogens is 2. The van der Waals surface area contributed by atoms with E-state index in [-0.39, 0.29) is 49.8 Å². The van der Waals surface area contributed by atoms with Gasteiger partial charge < -0.3 is 19.6 Å². The Kier molecular flexibility index (Phi) is 7.46. The van der Waals surface area contributed by atoms with Gasteiger partial charge in [-0.25, -0.2) is 8.78 Å². The number of hydrogen-bond donors (Lipinski definition) is 1. The van der Waals surface area contributed by atoms with Crippen LogP contribution in [-0.2, 0) is 24.2 Å². The zero-order chi connectivity index (χ0) is 26.1. The van der Waals surface area contributed by atoms with Crippen molar-refractivity contribution in [3.05, 3.63) is 46.5 Å². The molecule has 2 amide bonds. The molecule has 5 rings (SSSR count). The third-order valence-electron chi connectivity index (χ3n) is 7.76. The molecule has 10 heteroatoms. The summed E-state index contributed by atoms with van der Waals surface area (Å²) in [5, 5.41) is 14.3. The second-order valence-electron chi connectivity index (χ2n) is 10.4. The number of ether oxygens (including phenoxy) is 1. The number of carbonyl (C=O) groups is 2. The van der Waals surface area contributed by atoms with Crippen molar-refractivity contribution < 1.29 is 28.2 Å². The van der Waals surface area contributed by atoms with Crippen LogP contribution in [0.2, 0.25) is 0 Å². The van der Waals surface area contributed by atoms with Crippen LogP contribution in [-0.4, -0.2) is 81.1 Å². The summed E-state index contributed by atoms with van der Waals surface area (Å²) in [5.41, 5.74) is 2.84. The molecular weight excluding hydrogens is 482 g/mol. The van der Waals surface area contributed by atoms with Gasteiger partial charge in [0, 0.05) is 43.7 Å². The average molecular weight is 517 g/mol. The minimum Gasteiger partial charge on any atom is -0.490 e. The van der Waals surface area contributed by atoms with E-state index in [1.165, 1.54) is 17.0 Å². The summed E-state index contributed by atoms with van der Waals surface area (Å²) in [6.07, 6.45) is 2.38. The maximum atomic E-state index is 14.1. The summed E-state index contributed by atoms with van der Waals surface area (Å²) in [4.78, 5) is 29.6. The normalized spacial score (nSPS) is 22.6. The maximum Gasteiger partial charge on any atom is 0.274 e. The first-order chi connectivity index (χ1) is 17.8. The molecule has 37 heavy (non-hydrogen) atoms. The van der Waals surface area contributed by atoms with Gasteiger partial charge in [0.05, 0.1) is 12.6 Å². The van der Waals surface area contributed by atoms with Crippen molar-refractivity contribution in [3.63, 3.8) is 0 Å². The molecule has 2 fully saturated rings. The van der Waals surface area contributed by atoms with Gasteiger partial charge in [0.1, 0.15) is 30.4 Å². The van der Waals surface area contributed by atoms with E-state index < -0.39 is 12.3 Å². The van der Waals surface area contributed by atoms with E-state index in [1.54, 1.807) is 15.6 Å². The number of aromatic nitrogens is 2. The Morgan fingerprint density at radius 3 is 2.57 bits per heavy atom. The SMILES string of the molecule is Cc1cc(F)ccc1OC1CCN(C(=O)Cn2nc(C(=O)N3CC[C@H](O)[C@H](F)C3)c3c2CCCC3)CC1. The summed E-state index contributed by atoms with van der Waals surface area (Å²) in [6, 6.07) is 4.47. The molecule has 0 bridgehead atoms. The Balaban J connectivity index is 1.23. The molecule has 1 aromatic heterocycles. The fraction of sp³-hybridized carbons (Fsp3) is 0.593. The lowest BCUT2D eigenvalue weighted by molar-refractivity contribution is -0.133. The van der Waals surface area contributed by atoms with Crippen LogP contribution in [0.4, 0.5) is 8.78 Å². The van der Waals surface area contributed by atoms with E-state index >= 15 is 0 Å². The molecule has 2 aromatic rings. The van der Waals surface area contributed by atoms with Gasteiger partial charge >= 0.3 is 0 Å². The predicted molar refractivity (Wildman–Crippen MR) is 132 cm³/mol. The Hall–Kier alpha value is -3.01. The number of carbonyl (C=O) groups excluding carboxylic acids is 2. The standard InChI is InChI=1S/C27H34F2N4O4/c1-17-14-18(28)6-7-24(17)37-19-8-11-31(12-9-19)25(35)16-33-22-5-3-2-4-20(22)26(30-33)27(36)32-13-10-23(34)21(29)15-32/h6-7,14,19,21,23,34H,2-5,8-13,15-16H2,1H3/t21-,23+/m1/s1. The van der Waals surface area contributed by atoms with Crippen LogP contribution in [0, 0.1) is 12.7 Å². The van der Waals surface area contributed by atoms with Gasteiger partial charge in [-0.05, 0) is 62.8 Å². The molecule has 0 radical (unpaired) electrons. The molecule has 8 nitrogen and oxygen atoms in total. The number of piperidine rings is 2. The first kappa shape index (κ1) is 25.6. The fourth-order valence-corrected chi connectivity index (χ4v) is 5.58. The van der Waals surface area contributed by atoms with Crippen LogP contribution < -0.4 is 4.74 Å². The zero-order valence-electron chi connectivity index (χ0n) is 21.2. The number of nitrogens with zero attached hydrogens (tertiary/aromatic N) is 4. The number of hydrogen-bond acceptors (Lipinski definition) is 5. The minimum atomic E-state index is -1.46. The van der Waals surface area contributed by atoms with Crippen molar-refractivity contribution in [1.29, 1.82) is 0 Å². The van der Waals surface area contributed by atoms with Crippen molar-refractivity contribution in [2.45, 2.75) is 76.8 Å². The van der Waals surface area contributed by atoms with Crippen molar-refractivity contribution in [3.8, 4) is 5.75 Å². The molecule has 0 unspecified atom stereocenters. The lowest BCUT2D eigenvalue weighted by Crippen LogP contribution is -2.47. The predicted octanol–water partition coefficient (Wildman–Crippen LogP) is 2.82. The van der Waals surface area contributed by atoms with E-state index in [1.807, 2.05) is 6.92 Å². The molecule has 200 valence electrons. The van der Waals surface area contributed by atoms with Crippen LogP contribution in [0.25, 0.3) is 0 Å². The average Bonchev–Trinajstić information content (AvgIpc) is 3.25. The molecular formula is C27H34F2N4O4. The van der Waals surface area contributed by atoms with E-state index in [2.05, 4.69) is 5.10 Å². The minimum absolute atomic E-state index is 0.0442. The van der Waals surface area contributed by atoms with E-state index in [0.717, 1.165) is 36.1 Å². The topological polar surface area (TPSA) is 87.9 Å². The van der Waals surface area contributed by atoms with Crippen LogP contribution in [0.15, 0.2) is 18.2 Å².